The summed E-state index contributed by atoms with van der Waals surface area (Å²) in [6.07, 6.45) is 0. The molecule has 1 rings (SSSR count). The second-order valence-corrected chi connectivity index (χ2v) is 2.99. The average molecular weight is 187 g/mol. The first kappa shape index (κ1) is 13.1. The maximum absolute atomic E-state index is 5.88. The van der Waals surface area contributed by atoms with E-state index in [4.69, 9.17) is 5.73 Å². The zero-order valence-corrected chi connectivity index (χ0v) is 8.02. The average Bonchev–Trinajstić information content (AvgIpc) is 1.60. The van der Waals surface area contributed by atoms with Crippen LogP contribution in [0.5, 0.6) is 0 Å². The van der Waals surface area contributed by atoms with Gasteiger partial charge in [-0.15, -0.1) is 24.8 Å². The molecule has 0 aromatic carbocycles. The largest absolute Gasteiger partial charge is 0.323 e. The first-order valence-corrected chi connectivity index (χ1v) is 3.15. The molecule has 0 radical (unpaired) electrons. The molecule has 3 N–H and O–H groups in total. The summed E-state index contributed by atoms with van der Waals surface area (Å²) in [5, 5.41) is 3.16. The lowest BCUT2D eigenvalue weighted by Crippen LogP contribution is -2.68. The van der Waals surface area contributed by atoms with Crippen LogP contribution in [-0.4, -0.2) is 18.6 Å². The van der Waals surface area contributed by atoms with Crippen LogP contribution in [0.25, 0.3) is 0 Å². The highest BCUT2D eigenvalue weighted by Gasteiger charge is 2.34. The van der Waals surface area contributed by atoms with Crippen molar-refractivity contribution in [3.8, 4) is 0 Å². The number of halogens is 2. The van der Waals surface area contributed by atoms with E-state index in [9.17, 15) is 0 Å². The molecule has 0 spiro atoms. The lowest BCUT2D eigenvalue weighted by molar-refractivity contribution is 0.206. The topological polar surface area (TPSA) is 38.0 Å². The van der Waals surface area contributed by atoms with Crippen molar-refractivity contribution in [2.45, 2.75) is 19.4 Å². The van der Waals surface area contributed by atoms with Gasteiger partial charge in [-0.2, -0.15) is 0 Å². The molecule has 64 valence electrons. The summed E-state index contributed by atoms with van der Waals surface area (Å²) >= 11 is 0. The van der Waals surface area contributed by atoms with Crippen LogP contribution in [0.3, 0.4) is 0 Å². The van der Waals surface area contributed by atoms with Gasteiger partial charge in [-0.05, 0) is 5.92 Å². The van der Waals surface area contributed by atoms with Gasteiger partial charge in [0, 0.05) is 18.6 Å². The summed E-state index contributed by atoms with van der Waals surface area (Å²) in [5.74, 6) is 0.615. The fourth-order valence-electron chi connectivity index (χ4n) is 0.822. The van der Waals surface area contributed by atoms with Crippen LogP contribution in [0.2, 0.25) is 0 Å². The fourth-order valence-corrected chi connectivity index (χ4v) is 0.822. The fraction of sp³-hybridized carbons (Fsp3) is 1.00. The van der Waals surface area contributed by atoms with Crippen molar-refractivity contribution in [2.24, 2.45) is 11.7 Å². The quantitative estimate of drug-likeness (QED) is 0.636. The SMILES string of the molecule is CC(C)C1(N)CNC1.Cl.Cl. The Kier molecular flexibility index (Phi) is 5.76. The minimum Gasteiger partial charge on any atom is -0.323 e. The van der Waals surface area contributed by atoms with Crippen LogP contribution >= 0.6 is 24.8 Å². The number of rotatable bonds is 1. The molecular formula is C6H16Cl2N2. The van der Waals surface area contributed by atoms with E-state index in [2.05, 4.69) is 19.2 Å². The Bertz CT molecular complexity index is 91.7. The third kappa shape index (κ3) is 2.27. The maximum atomic E-state index is 5.88. The third-order valence-electron chi connectivity index (χ3n) is 2.06. The second-order valence-electron chi connectivity index (χ2n) is 2.99. The summed E-state index contributed by atoms with van der Waals surface area (Å²) < 4.78 is 0. The lowest BCUT2D eigenvalue weighted by atomic mass is 9.82. The molecule has 0 amide bonds. The van der Waals surface area contributed by atoms with E-state index in [1.165, 1.54) is 0 Å². The smallest absolute Gasteiger partial charge is 0.0430 e. The minimum atomic E-state index is 0. The van der Waals surface area contributed by atoms with Crippen LogP contribution in [0, 0.1) is 5.92 Å². The van der Waals surface area contributed by atoms with E-state index in [-0.39, 0.29) is 30.4 Å². The molecule has 0 aromatic rings. The Morgan fingerprint density at radius 1 is 1.30 bits per heavy atom. The molecule has 0 atom stereocenters. The second kappa shape index (κ2) is 4.39. The molecule has 4 heteroatoms. The predicted molar refractivity (Wildman–Crippen MR) is 49.1 cm³/mol. The van der Waals surface area contributed by atoms with Gasteiger partial charge in [0.15, 0.2) is 0 Å². The van der Waals surface area contributed by atoms with Crippen molar-refractivity contribution < 1.29 is 0 Å². The first-order valence-electron chi connectivity index (χ1n) is 3.15. The summed E-state index contributed by atoms with van der Waals surface area (Å²) in [5.41, 5.74) is 5.99. The summed E-state index contributed by atoms with van der Waals surface area (Å²) in [7, 11) is 0. The standard InChI is InChI=1S/C6H14N2.2ClH/c1-5(2)6(7)3-8-4-6;;/h5,8H,3-4,7H2,1-2H3;2*1H. The molecule has 10 heavy (non-hydrogen) atoms. The monoisotopic (exact) mass is 186 g/mol. The zero-order chi connectivity index (χ0) is 6.20. The molecule has 0 saturated carbocycles. The summed E-state index contributed by atoms with van der Waals surface area (Å²) in [6.45, 7) is 6.32. The molecule has 0 bridgehead atoms. The van der Waals surface area contributed by atoms with Gasteiger partial charge >= 0.3 is 0 Å². The van der Waals surface area contributed by atoms with Gasteiger partial charge in [-0.3, -0.25) is 0 Å². The summed E-state index contributed by atoms with van der Waals surface area (Å²) in [4.78, 5) is 0. The molecule has 0 unspecified atom stereocenters. The molecule has 1 saturated heterocycles. The van der Waals surface area contributed by atoms with Crippen LogP contribution in [0.15, 0.2) is 0 Å². The Labute approximate surface area is 74.8 Å². The van der Waals surface area contributed by atoms with Crippen molar-refractivity contribution in [3.05, 3.63) is 0 Å². The van der Waals surface area contributed by atoms with Crippen LogP contribution < -0.4 is 11.1 Å². The van der Waals surface area contributed by atoms with Gasteiger partial charge in [-0.25, -0.2) is 0 Å². The van der Waals surface area contributed by atoms with Gasteiger partial charge in [0.2, 0.25) is 0 Å². The number of hydrogen-bond acceptors (Lipinski definition) is 2. The van der Waals surface area contributed by atoms with E-state index >= 15 is 0 Å². The highest BCUT2D eigenvalue weighted by Crippen LogP contribution is 2.17. The van der Waals surface area contributed by atoms with Crippen molar-refractivity contribution in [3.63, 3.8) is 0 Å². The highest BCUT2D eigenvalue weighted by atomic mass is 35.5. The van der Waals surface area contributed by atoms with E-state index in [0.29, 0.717) is 5.92 Å². The van der Waals surface area contributed by atoms with E-state index in [1.807, 2.05) is 0 Å². The van der Waals surface area contributed by atoms with Crippen LogP contribution in [0.1, 0.15) is 13.8 Å². The molecule has 1 fully saturated rings. The van der Waals surface area contributed by atoms with Gasteiger partial charge in [0.25, 0.3) is 0 Å². The first-order chi connectivity index (χ1) is 3.65. The Morgan fingerprint density at radius 2 is 1.70 bits per heavy atom. The minimum absolute atomic E-state index is 0. The Morgan fingerprint density at radius 3 is 1.70 bits per heavy atom. The molecule has 0 aromatic heterocycles. The van der Waals surface area contributed by atoms with Crippen LogP contribution in [0.4, 0.5) is 0 Å². The van der Waals surface area contributed by atoms with Gasteiger partial charge in [0.1, 0.15) is 0 Å². The molecule has 2 nitrogen and oxygen atoms in total. The van der Waals surface area contributed by atoms with E-state index in [0.717, 1.165) is 13.1 Å². The van der Waals surface area contributed by atoms with Crippen molar-refractivity contribution in [1.82, 2.24) is 5.32 Å². The van der Waals surface area contributed by atoms with Gasteiger partial charge in [0.05, 0.1) is 0 Å². The normalized spacial score (nSPS) is 20.4. The molecule has 1 aliphatic rings. The van der Waals surface area contributed by atoms with E-state index < -0.39 is 0 Å². The molecule has 1 aliphatic heterocycles. The van der Waals surface area contributed by atoms with Crippen molar-refractivity contribution in [1.29, 1.82) is 0 Å². The Balaban J connectivity index is 0. The van der Waals surface area contributed by atoms with E-state index in [1.54, 1.807) is 0 Å². The predicted octanol–water partition coefficient (Wildman–Crippen LogP) is 0.787. The molecule has 1 heterocycles. The number of hydrogen-bond donors (Lipinski definition) is 2. The third-order valence-corrected chi connectivity index (χ3v) is 2.06. The number of nitrogens with one attached hydrogen (secondary N) is 1. The zero-order valence-electron chi connectivity index (χ0n) is 6.39. The highest BCUT2D eigenvalue weighted by molar-refractivity contribution is 5.85. The number of nitrogens with two attached hydrogens (primary N) is 1. The maximum Gasteiger partial charge on any atom is 0.0430 e. The molecular weight excluding hydrogens is 171 g/mol. The Hall–Kier alpha value is 0.500. The molecule has 0 aliphatic carbocycles. The van der Waals surface area contributed by atoms with Crippen LogP contribution in [-0.2, 0) is 0 Å². The van der Waals surface area contributed by atoms with Gasteiger partial charge < -0.3 is 11.1 Å². The van der Waals surface area contributed by atoms with Gasteiger partial charge in [-0.1, -0.05) is 13.8 Å². The summed E-state index contributed by atoms with van der Waals surface area (Å²) in [6, 6.07) is 0. The van der Waals surface area contributed by atoms with Crippen molar-refractivity contribution >= 4 is 24.8 Å². The van der Waals surface area contributed by atoms with Crippen molar-refractivity contribution in [2.75, 3.05) is 13.1 Å². The lowest BCUT2D eigenvalue weighted by Gasteiger charge is -2.42.